The van der Waals surface area contributed by atoms with Crippen molar-refractivity contribution in [3.8, 4) is 0 Å². The van der Waals surface area contributed by atoms with E-state index in [2.05, 4.69) is 4.28 Å². The van der Waals surface area contributed by atoms with Gasteiger partial charge in [-0.3, -0.25) is 0 Å². The molecule has 0 heterocycles. The van der Waals surface area contributed by atoms with E-state index in [-0.39, 0.29) is 4.90 Å². The van der Waals surface area contributed by atoms with Crippen molar-refractivity contribution < 1.29 is 21.1 Å². The average Bonchev–Trinajstić information content (AvgIpc) is 2.14. The third kappa shape index (κ3) is 3.56. The maximum atomic E-state index is 11.6. The Hall–Kier alpha value is -0.960. The Labute approximate surface area is 94.4 Å². The highest BCUT2D eigenvalue weighted by Crippen LogP contribution is 2.13. The topological polar surface area (TPSA) is 89.5 Å². The molecule has 0 atom stereocenters. The molecular weight excluding hydrogens is 254 g/mol. The SMILES string of the molecule is Cc1ccccc1S(=O)(=O)NOS(C)(=O)=O. The van der Waals surface area contributed by atoms with Gasteiger partial charge in [0.25, 0.3) is 20.1 Å². The predicted octanol–water partition coefficient (Wildman–Crippen LogP) is 0.165. The lowest BCUT2D eigenvalue weighted by molar-refractivity contribution is 0.276. The first-order chi connectivity index (χ1) is 7.22. The zero-order valence-electron chi connectivity index (χ0n) is 8.67. The Morgan fingerprint density at radius 3 is 2.19 bits per heavy atom. The highest BCUT2D eigenvalue weighted by molar-refractivity contribution is 7.90. The summed E-state index contributed by atoms with van der Waals surface area (Å²) in [6.07, 6.45) is 0.743. The van der Waals surface area contributed by atoms with Crippen LogP contribution in [0.4, 0.5) is 0 Å². The van der Waals surface area contributed by atoms with Crippen molar-refractivity contribution in [3.05, 3.63) is 29.8 Å². The van der Waals surface area contributed by atoms with Crippen LogP contribution in [-0.4, -0.2) is 23.1 Å². The molecule has 0 spiro atoms. The lowest BCUT2D eigenvalue weighted by Crippen LogP contribution is -2.27. The maximum Gasteiger partial charge on any atom is 0.281 e. The van der Waals surface area contributed by atoms with Crippen molar-refractivity contribution in [2.24, 2.45) is 0 Å². The molecule has 16 heavy (non-hydrogen) atoms. The van der Waals surface area contributed by atoms with Gasteiger partial charge in [0.15, 0.2) is 0 Å². The smallest absolute Gasteiger partial charge is 0.205 e. The van der Waals surface area contributed by atoms with Gasteiger partial charge in [0.05, 0.1) is 11.2 Å². The van der Waals surface area contributed by atoms with Crippen LogP contribution in [0, 0.1) is 6.92 Å². The molecule has 0 saturated heterocycles. The van der Waals surface area contributed by atoms with Crippen LogP contribution in [0.3, 0.4) is 0 Å². The van der Waals surface area contributed by atoms with E-state index in [1.165, 1.54) is 12.1 Å². The molecule has 1 N–H and O–H groups in total. The maximum absolute atomic E-state index is 11.6. The molecule has 0 amide bonds. The van der Waals surface area contributed by atoms with E-state index in [0.717, 1.165) is 6.26 Å². The Bertz CT molecular complexity index is 576. The molecule has 0 aliphatic heterocycles. The lowest BCUT2D eigenvalue weighted by Gasteiger charge is -2.07. The number of hydrogen-bond donors (Lipinski definition) is 1. The molecule has 90 valence electrons. The van der Waals surface area contributed by atoms with E-state index in [1.54, 1.807) is 23.9 Å². The van der Waals surface area contributed by atoms with Crippen LogP contribution < -0.4 is 4.89 Å². The van der Waals surface area contributed by atoms with Crippen LogP contribution in [0.5, 0.6) is 0 Å². The zero-order chi connectivity index (χ0) is 12.4. The summed E-state index contributed by atoms with van der Waals surface area (Å²) in [5, 5.41) is 0. The fourth-order valence-electron chi connectivity index (χ4n) is 1.01. The van der Waals surface area contributed by atoms with Gasteiger partial charge in [-0.15, -0.1) is 0 Å². The molecule has 0 saturated carbocycles. The Morgan fingerprint density at radius 1 is 1.12 bits per heavy atom. The normalized spacial score (nSPS) is 12.6. The first kappa shape index (κ1) is 13.1. The summed E-state index contributed by atoms with van der Waals surface area (Å²) in [4.78, 5) is 1.51. The van der Waals surface area contributed by atoms with Crippen LogP contribution >= 0.6 is 0 Å². The number of sulfonamides is 1. The van der Waals surface area contributed by atoms with Crippen molar-refractivity contribution in [3.63, 3.8) is 0 Å². The molecule has 0 aliphatic carbocycles. The van der Waals surface area contributed by atoms with E-state index in [4.69, 9.17) is 0 Å². The van der Waals surface area contributed by atoms with E-state index >= 15 is 0 Å². The lowest BCUT2D eigenvalue weighted by atomic mass is 10.2. The van der Waals surface area contributed by atoms with E-state index in [9.17, 15) is 16.8 Å². The van der Waals surface area contributed by atoms with Gasteiger partial charge in [-0.1, -0.05) is 23.1 Å². The molecule has 1 rings (SSSR count). The molecule has 1 aromatic carbocycles. The fraction of sp³-hybridized carbons (Fsp3) is 0.250. The van der Waals surface area contributed by atoms with Crippen LogP contribution in [0.25, 0.3) is 0 Å². The van der Waals surface area contributed by atoms with E-state index < -0.39 is 20.1 Å². The third-order valence-corrected chi connectivity index (χ3v) is 3.51. The van der Waals surface area contributed by atoms with Crippen LogP contribution in [0.15, 0.2) is 29.2 Å². The van der Waals surface area contributed by atoms with Crippen LogP contribution in [-0.2, 0) is 24.4 Å². The molecule has 0 aliphatic rings. The van der Waals surface area contributed by atoms with Gasteiger partial charge in [-0.05, 0) is 18.6 Å². The van der Waals surface area contributed by atoms with Crippen molar-refractivity contribution in [2.45, 2.75) is 11.8 Å². The van der Waals surface area contributed by atoms with Crippen molar-refractivity contribution >= 4 is 20.1 Å². The highest BCUT2D eigenvalue weighted by Gasteiger charge is 2.18. The second kappa shape index (κ2) is 4.50. The van der Waals surface area contributed by atoms with Crippen molar-refractivity contribution in [2.75, 3.05) is 6.26 Å². The minimum atomic E-state index is -3.98. The minimum absolute atomic E-state index is 0.0290. The molecule has 6 nitrogen and oxygen atoms in total. The first-order valence-corrected chi connectivity index (χ1v) is 7.48. The van der Waals surface area contributed by atoms with Gasteiger partial charge < -0.3 is 0 Å². The number of aryl methyl sites for hydroxylation is 1. The Balaban J connectivity index is 3.01. The highest BCUT2D eigenvalue weighted by atomic mass is 32.2. The summed E-state index contributed by atoms with van der Waals surface area (Å²) in [6.45, 7) is 1.59. The number of hydrogen-bond acceptors (Lipinski definition) is 5. The quantitative estimate of drug-likeness (QED) is 0.783. The second-order valence-electron chi connectivity index (χ2n) is 3.14. The number of benzene rings is 1. The molecule has 8 heteroatoms. The largest absolute Gasteiger partial charge is 0.281 e. The van der Waals surface area contributed by atoms with Crippen molar-refractivity contribution in [1.29, 1.82) is 0 Å². The molecule has 0 unspecified atom stereocenters. The van der Waals surface area contributed by atoms with Crippen LogP contribution in [0.2, 0.25) is 0 Å². The van der Waals surface area contributed by atoms with Crippen molar-refractivity contribution in [1.82, 2.24) is 4.89 Å². The summed E-state index contributed by atoms with van der Waals surface area (Å²) in [7, 11) is -7.84. The first-order valence-electron chi connectivity index (χ1n) is 4.18. The second-order valence-corrected chi connectivity index (χ2v) is 6.33. The monoisotopic (exact) mass is 265 g/mol. The Kier molecular flexibility index (Phi) is 3.68. The molecule has 0 aromatic heterocycles. The molecule has 0 bridgehead atoms. The molecular formula is C8H11NO5S2. The average molecular weight is 265 g/mol. The van der Waals surface area contributed by atoms with Gasteiger partial charge in [-0.25, -0.2) is 8.42 Å². The van der Waals surface area contributed by atoms with E-state index in [1.807, 2.05) is 0 Å². The molecule has 0 fully saturated rings. The number of rotatable bonds is 4. The molecule has 1 aromatic rings. The van der Waals surface area contributed by atoms with Crippen LogP contribution in [0.1, 0.15) is 5.56 Å². The van der Waals surface area contributed by atoms with Gasteiger partial charge in [0, 0.05) is 0 Å². The summed E-state index contributed by atoms with van der Waals surface area (Å²) >= 11 is 0. The van der Waals surface area contributed by atoms with Gasteiger partial charge in [-0.2, -0.15) is 12.7 Å². The fourth-order valence-corrected chi connectivity index (χ4v) is 2.70. The molecule has 0 radical (unpaired) electrons. The minimum Gasteiger partial charge on any atom is -0.205 e. The van der Waals surface area contributed by atoms with Gasteiger partial charge in [0.2, 0.25) is 0 Å². The van der Waals surface area contributed by atoms with Gasteiger partial charge >= 0.3 is 0 Å². The van der Waals surface area contributed by atoms with Gasteiger partial charge in [0.1, 0.15) is 0 Å². The van der Waals surface area contributed by atoms with E-state index in [0.29, 0.717) is 5.56 Å². The third-order valence-electron chi connectivity index (χ3n) is 1.68. The number of nitrogens with one attached hydrogen (secondary N) is 1. The Morgan fingerprint density at radius 2 is 1.69 bits per heavy atom. The summed E-state index contributed by atoms with van der Waals surface area (Å²) in [5.74, 6) is 0. The summed E-state index contributed by atoms with van der Waals surface area (Å²) in [5.41, 5.74) is 0.493. The summed E-state index contributed by atoms with van der Waals surface area (Å²) in [6, 6.07) is 6.14. The zero-order valence-corrected chi connectivity index (χ0v) is 10.3. The predicted molar refractivity (Wildman–Crippen MR) is 57.4 cm³/mol. The standard InChI is InChI=1S/C8H11NO5S2/c1-7-5-3-4-6-8(7)16(12,13)9-14-15(2,10)11/h3-6,9H,1-2H3. The summed E-state index contributed by atoms with van der Waals surface area (Å²) < 4.78 is 48.5.